The smallest absolute Gasteiger partial charge is 0.426 e. The minimum absolute atomic E-state index is 0.0316. The van der Waals surface area contributed by atoms with Crippen molar-refractivity contribution in [2.45, 2.75) is 95.8 Å². The SMILES string of the molecule is CC(=O)N(CCC(C)(C)CN(C[C@@H](O)[C@H](Cc1ccccc1)NC(=O)O[C@H]1CO[C@H]2OCC[C@H]21)S(=O)(=O)c1ccc2c(c1)OCO2)NC(=O)OC(C)(C)C. The molecular weight excluding hydrogens is 724 g/mol. The molecule has 3 aliphatic heterocycles. The summed E-state index contributed by atoms with van der Waals surface area (Å²) in [7, 11) is -4.32. The van der Waals surface area contributed by atoms with E-state index in [-0.39, 0.29) is 55.9 Å². The number of amides is 3. The molecule has 0 radical (unpaired) electrons. The van der Waals surface area contributed by atoms with Crippen molar-refractivity contribution < 1.29 is 56.3 Å². The van der Waals surface area contributed by atoms with E-state index in [9.17, 15) is 27.9 Å². The summed E-state index contributed by atoms with van der Waals surface area (Å²) in [6.45, 7) is 10.1. The van der Waals surface area contributed by atoms with Gasteiger partial charge >= 0.3 is 12.2 Å². The summed E-state index contributed by atoms with van der Waals surface area (Å²) in [6.07, 6.45) is -2.87. The predicted octanol–water partition coefficient (Wildman–Crippen LogP) is 3.57. The molecule has 2 fully saturated rings. The number of hydrogen-bond donors (Lipinski definition) is 3. The van der Waals surface area contributed by atoms with Gasteiger partial charge in [0.1, 0.15) is 11.7 Å². The molecule has 0 bridgehead atoms. The van der Waals surface area contributed by atoms with E-state index in [2.05, 4.69) is 10.7 Å². The van der Waals surface area contributed by atoms with Gasteiger partial charge in [-0.3, -0.25) is 9.80 Å². The van der Waals surface area contributed by atoms with E-state index in [0.717, 1.165) is 14.9 Å². The van der Waals surface area contributed by atoms with Gasteiger partial charge in [-0.1, -0.05) is 44.2 Å². The second kappa shape index (κ2) is 17.1. The molecule has 298 valence electrons. The number of alkyl carbamates (subject to hydrolysis) is 1. The van der Waals surface area contributed by atoms with Crippen molar-refractivity contribution in [2.75, 3.05) is 39.6 Å². The molecule has 0 aromatic heterocycles. The predicted molar refractivity (Wildman–Crippen MR) is 194 cm³/mol. The van der Waals surface area contributed by atoms with E-state index in [1.807, 2.05) is 44.2 Å². The number of nitrogens with zero attached hydrogens (tertiary/aromatic N) is 2. The first-order valence-electron chi connectivity index (χ1n) is 18.0. The standard InChI is InChI=1S/C37H52N4O12S/c1-24(42)41(39-35(45)53-36(2,3)4)16-15-37(5,6)22-40(54(46,47)26-12-13-30-31(19-26)51-23-50-30)20-29(43)28(18-25-10-8-7-9-11-25)38-34(44)52-32-21-49-33-27(32)14-17-48-33/h7-13,19,27-29,32-33,43H,14-18,20-23H2,1-6H3,(H,38,44)(H,39,45)/t27-,28-,29+,32-,33+/m0/s1. The maximum atomic E-state index is 14.5. The van der Waals surface area contributed by atoms with Crippen molar-refractivity contribution in [2.24, 2.45) is 11.3 Å². The van der Waals surface area contributed by atoms with Gasteiger partial charge in [0.15, 0.2) is 17.8 Å². The first kappa shape index (κ1) is 41.0. The highest BCUT2D eigenvalue weighted by Crippen LogP contribution is 2.36. The molecule has 2 aromatic carbocycles. The van der Waals surface area contributed by atoms with Gasteiger partial charge in [-0.2, -0.15) is 4.31 Å². The molecule has 0 aliphatic carbocycles. The Morgan fingerprint density at radius 1 is 1.00 bits per heavy atom. The lowest BCUT2D eigenvalue weighted by atomic mass is 9.89. The van der Waals surface area contributed by atoms with Crippen LogP contribution < -0.4 is 20.2 Å². The zero-order valence-corrected chi connectivity index (χ0v) is 32.4. The molecule has 3 aliphatic rings. The molecule has 0 unspecified atom stereocenters. The molecule has 17 heteroatoms. The second-order valence-electron chi connectivity index (χ2n) is 15.5. The van der Waals surface area contributed by atoms with Crippen LogP contribution in [0.5, 0.6) is 11.5 Å². The average Bonchev–Trinajstić information content (AvgIpc) is 3.84. The van der Waals surface area contributed by atoms with Gasteiger partial charge < -0.3 is 38.8 Å². The Morgan fingerprint density at radius 2 is 1.72 bits per heavy atom. The monoisotopic (exact) mass is 776 g/mol. The molecule has 0 spiro atoms. The third-order valence-electron chi connectivity index (χ3n) is 9.30. The van der Waals surface area contributed by atoms with Crippen LogP contribution in [0.3, 0.4) is 0 Å². The maximum Gasteiger partial charge on any atom is 0.426 e. The van der Waals surface area contributed by atoms with Crippen molar-refractivity contribution in [3.63, 3.8) is 0 Å². The molecule has 3 amide bonds. The number of carbonyl (C=O) groups is 3. The maximum absolute atomic E-state index is 14.5. The zero-order chi connectivity index (χ0) is 39.3. The number of rotatable bonds is 14. The molecule has 2 saturated heterocycles. The lowest BCUT2D eigenvalue weighted by Crippen LogP contribution is -2.53. The van der Waals surface area contributed by atoms with Crippen LogP contribution in [0, 0.1) is 11.3 Å². The minimum Gasteiger partial charge on any atom is -0.454 e. The summed E-state index contributed by atoms with van der Waals surface area (Å²) < 4.78 is 63.1. The van der Waals surface area contributed by atoms with Gasteiger partial charge in [0.25, 0.3) is 0 Å². The largest absolute Gasteiger partial charge is 0.454 e. The molecule has 54 heavy (non-hydrogen) atoms. The summed E-state index contributed by atoms with van der Waals surface area (Å²) >= 11 is 0. The fourth-order valence-corrected chi connectivity index (χ4v) is 8.13. The molecule has 5 rings (SSSR count). The lowest BCUT2D eigenvalue weighted by molar-refractivity contribution is -0.132. The number of aliphatic hydroxyl groups excluding tert-OH is 1. The summed E-state index contributed by atoms with van der Waals surface area (Å²) in [4.78, 5) is 38.2. The molecule has 2 aromatic rings. The summed E-state index contributed by atoms with van der Waals surface area (Å²) in [5, 5.41) is 15.8. The molecule has 3 heterocycles. The number of aliphatic hydroxyl groups is 1. The van der Waals surface area contributed by atoms with E-state index >= 15 is 0 Å². The molecule has 16 nitrogen and oxygen atoms in total. The average molecular weight is 777 g/mol. The Hall–Kier alpha value is -4.16. The minimum atomic E-state index is -4.32. The van der Waals surface area contributed by atoms with E-state index in [1.165, 1.54) is 25.1 Å². The molecule has 5 atom stereocenters. The Balaban J connectivity index is 1.37. The number of nitrogens with one attached hydrogen (secondary N) is 2. The van der Waals surface area contributed by atoms with Crippen molar-refractivity contribution >= 4 is 28.1 Å². The number of hydrogen-bond acceptors (Lipinski definition) is 12. The Labute approximate surface area is 316 Å². The zero-order valence-electron chi connectivity index (χ0n) is 31.6. The van der Waals surface area contributed by atoms with Crippen molar-refractivity contribution in [1.29, 1.82) is 0 Å². The number of benzene rings is 2. The van der Waals surface area contributed by atoms with Crippen LogP contribution >= 0.6 is 0 Å². The van der Waals surface area contributed by atoms with E-state index < -0.39 is 70.2 Å². The summed E-state index contributed by atoms with van der Waals surface area (Å²) in [5.41, 5.74) is 1.64. The van der Waals surface area contributed by atoms with Crippen LogP contribution in [0.4, 0.5) is 9.59 Å². The number of sulfonamides is 1. The first-order chi connectivity index (χ1) is 25.4. The number of fused-ring (bicyclic) bond motifs is 2. The molecule has 0 saturated carbocycles. The fourth-order valence-electron chi connectivity index (χ4n) is 6.47. The van der Waals surface area contributed by atoms with Gasteiger partial charge in [-0.05, 0) is 63.1 Å². The summed E-state index contributed by atoms with van der Waals surface area (Å²) in [5.74, 6) is 0.115. The van der Waals surface area contributed by atoms with Crippen LogP contribution in [0.25, 0.3) is 0 Å². The number of ether oxygens (including phenoxy) is 6. The van der Waals surface area contributed by atoms with E-state index in [0.29, 0.717) is 18.8 Å². The van der Waals surface area contributed by atoms with Crippen LogP contribution in [0.1, 0.15) is 59.9 Å². The third-order valence-corrected chi connectivity index (χ3v) is 11.1. The van der Waals surface area contributed by atoms with E-state index in [4.69, 9.17) is 28.4 Å². The van der Waals surface area contributed by atoms with Crippen LogP contribution in [0.2, 0.25) is 0 Å². The normalized spacial score (nSPS) is 20.6. The van der Waals surface area contributed by atoms with Gasteiger partial charge in [0.2, 0.25) is 22.7 Å². The first-order valence-corrected chi connectivity index (χ1v) is 19.4. The molecule has 3 N–H and O–H groups in total. The van der Waals surface area contributed by atoms with Gasteiger partial charge in [-0.25, -0.2) is 23.4 Å². The molecular formula is C37H52N4O12S. The highest BCUT2D eigenvalue weighted by atomic mass is 32.2. The quantitative estimate of drug-likeness (QED) is 0.237. The second-order valence-corrected chi connectivity index (χ2v) is 17.4. The van der Waals surface area contributed by atoms with Gasteiger partial charge in [-0.15, -0.1) is 0 Å². The summed E-state index contributed by atoms with van der Waals surface area (Å²) in [6, 6.07) is 12.5. The van der Waals surface area contributed by atoms with Crippen LogP contribution in [0.15, 0.2) is 53.4 Å². The Bertz CT molecular complexity index is 1740. The van der Waals surface area contributed by atoms with E-state index in [1.54, 1.807) is 20.8 Å². The van der Waals surface area contributed by atoms with Crippen molar-refractivity contribution in [3.8, 4) is 11.5 Å². The topological polar surface area (TPSA) is 191 Å². The fraction of sp³-hybridized carbons (Fsp3) is 0.595. The van der Waals surface area contributed by atoms with Crippen LogP contribution in [-0.4, -0.2) is 111 Å². The lowest BCUT2D eigenvalue weighted by Gasteiger charge is -2.36. The number of carbonyl (C=O) groups excluding carboxylic acids is 3. The van der Waals surface area contributed by atoms with Crippen LogP contribution in [-0.2, 0) is 40.2 Å². The van der Waals surface area contributed by atoms with Crippen molar-refractivity contribution in [1.82, 2.24) is 20.1 Å². The van der Waals surface area contributed by atoms with Crippen molar-refractivity contribution in [3.05, 3.63) is 54.1 Å². The Morgan fingerprint density at radius 3 is 2.43 bits per heavy atom. The highest BCUT2D eigenvalue weighted by molar-refractivity contribution is 7.89. The Kier molecular flexibility index (Phi) is 13.0. The number of hydrazine groups is 1. The van der Waals surface area contributed by atoms with Gasteiger partial charge in [0, 0.05) is 32.6 Å². The highest BCUT2D eigenvalue weighted by Gasteiger charge is 2.44. The third kappa shape index (κ3) is 11.0. The van der Waals surface area contributed by atoms with Gasteiger partial charge in [0.05, 0.1) is 36.2 Å².